The van der Waals surface area contributed by atoms with Crippen LogP contribution in [0.3, 0.4) is 0 Å². The minimum absolute atomic E-state index is 0.0345. The van der Waals surface area contributed by atoms with Crippen molar-refractivity contribution in [1.29, 1.82) is 0 Å². The number of rotatable bonds is 4. The van der Waals surface area contributed by atoms with Crippen LogP contribution in [0.2, 0.25) is 0 Å². The predicted octanol–water partition coefficient (Wildman–Crippen LogP) is -1.48. The molecule has 2 heterocycles. The van der Waals surface area contributed by atoms with Gasteiger partial charge in [0.2, 0.25) is 11.9 Å². The van der Waals surface area contributed by atoms with Crippen LogP contribution < -0.4 is 11.1 Å². The quantitative estimate of drug-likeness (QED) is 0.604. The van der Waals surface area contributed by atoms with Crippen LogP contribution in [-0.2, 0) is 16.1 Å². The molecule has 0 bridgehead atoms. The fourth-order valence-electron chi connectivity index (χ4n) is 1.95. The summed E-state index contributed by atoms with van der Waals surface area (Å²) in [6.07, 6.45) is 2.61. The molecule has 2 rings (SSSR count). The molecule has 4 N–H and O–H groups in total. The smallest absolute Gasteiger partial charge is 0.242 e. The minimum atomic E-state index is -0.582. The molecule has 0 saturated carbocycles. The van der Waals surface area contributed by atoms with Crippen LogP contribution in [0, 0.1) is 0 Å². The van der Waals surface area contributed by atoms with E-state index in [2.05, 4.69) is 15.4 Å². The van der Waals surface area contributed by atoms with Gasteiger partial charge < -0.3 is 20.9 Å². The van der Waals surface area contributed by atoms with Gasteiger partial charge in [0.1, 0.15) is 12.9 Å². The number of nitrogen functional groups attached to an aromatic ring is 1. The molecule has 0 unspecified atom stereocenters. The van der Waals surface area contributed by atoms with Gasteiger partial charge in [-0.1, -0.05) is 0 Å². The van der Waals surface area contributed by atoms with Crippen LogP contribution in [0.1, 0.15) is 12.8 Å². The van der Waals surface area contributed by atoms with E-state index < -0.39 is 5.54 Å². The normalized spacial score (nSPS) is 18.5. The van der Waals surface area contributed by atoms with Crippen LogP contribution in [0.15, 0.2) is 6.33 Å². The molecule has 1 fully saturated rings. The number of nitrogens with one attached hydrogen (secondary N) is 1. The van der Waals surface area contributed by atoms with Crippen LogP contribution in [0.25, 0.3) is 0 Å². The lowest BCUT2D eigenvalue weighted by Crippen LogP contribution is -2.55. The van der Waals surface area contributed by atoms with Crippen molar-refractivity contribution in [3.05, 3.63) is 6.33 Å². The molecule has 1 aliphatic rings. The van der Waals surface area contributed by atoms with E-state index in [4.69, 9.17) is 10.5 Å². The van der Waals surface area contributed by atoms with E-state index in [-0.39, 0.29) is 25.0 Å². The second-order valence-electron chi connectivity index (χ2n) is 4.40. The maximum Gasteiger partial charge on any atom is 0.242 e. The van der Waals surface area contributed by atoms with Gasteiger partial charge in [0.25, 0.3) is 0 Å². The van der Waals surface area contributed by atoms with Crippen molar-refractivity contribution >= 4 is 11.9 Å². The summed E-state index contributed by atoms with van der Waals surface area (Å²) in [6, 6.07) is 0. The van der Waals surface area contributed by atoms with Crippen LogP contribution in [0.4, 0.5) is 5.95 Å². The highest BCUT2D eigenvalue weighted by molar-refractivity contribution is 5.76. The molecule has 1 saturated heterocycles. The monoisotopic (exact) mass is 255 g/mol. The first-order valence-electron chi connectivity index (χ1n) is 5.78. The summed E-state index contributed by atoms with van der Waals surface area (Å²) < 4.78 is 6.58. The Balaban J connectivity index is 1.93. The molecular weight excluding hydrogens is 238 g/mol. The first-order valence-corrected chi connectivity index (χ1v) is 5.78. The number of ether oxygens (including phenoxy) is 1. The van der Waals surface area contributed by atoms with E-state index in [9.17, 15) is 9.90 Å². The number of aliphatic hydroxyl groups is 1. The number of aromatic nitrogens is 3. The summed E-state index contributed by atoms with van der Waals surface area (Å²) in [5, 5.41) is 16.1. The largest absolute Gasteiger partial charge is 0.394 e. The molecule has 0 aliphatic carbocycles. The van der Waals surface area contributed by atoms with Crippen molar-refractivity contribution in [2.24, 2.45) is 0 Å². The van der Waals surface area contributed by atoms with E-state index >= 15 is 0 Å². The zero-order chi connectivity index (χ0) is 13.0. The average molecular weight is 255 g/mol. The van der Waals surface area contributed by atoms with Gasteiger partial charge in [-0.25, -0.2) is 9.67 Å². The molecule has 0 spiro atoms. The van der Waals surface area contributed by atoms with Gasteiger partial charge in [-0.3, -0.25) is 4.79 Å². The van der Waals surface area contributed by atoms with E-state index in [0.29, 0.717) is 26.1 Å². The Morgan fingerprint density at radius 2 is 2.33 bits per heavy atom. The Labute approximate surface area is 104 Å². The minimum Gasteiger partial charge on any atom is -0.394 e. The number of nitrogens with zero attached hydrogens (tertiary/aromatic N) is 3. The van der Waals surface area contributed by atoms with Crippen molar-refractivity contribution in [3.8, 4) is 0 Å². The van der Waals surface area contributed by atoms with E-state index in [1.54, 1.807) is 0 Å². The first-order chi connectivity index (χ1) is 8.63. The third-order valence-corrected chi connectivity index (χ3v) is 3.02. The maximum absolute atomic E-state index is 11.9. The molecule has 1 aromatic heterocycles. The van der Waals surface area contributed by atoms with E-state index in [0.717, 1.165) is 0 Å². The molecule has 8 heteroatoms. The van der Waals surface area contributed by atoms with Crippen LogP contribution >= 0.6 is 0 Å². The van der Waals surface area contributed by atoms with Crippen LogP contribution in [-0.4, -0.2) is 51.1 Å². The molecule has 18 heavy (non-hydrogen) atoms. The molecule has 1 amide bonds. The summed E-state index contributed by atoms with van der Waals surface area (Å²) in [6.45, 7) is 1.02. The van der Waals surface area contributed by atoms with E-state index in [1.165, 1.54) is 11.0 Å². The lowest BCUT2D eigenvalue weighted by Gasteiger charge is -2.36. The third-order valence-electron chi connectivity index (χ3n) is 3.02. The first kappa shape index (κ1) is 12.8. The van der Waals surface area contributed by atoms with Gasteiger partial charge in [0.15, 0.2) is 0 Å². The molecule has 0 radical (unpaired) electrons. The lowest BCUT2D eigenvalue weighted by atomic mass is 9.91. The van der Waals surface area contributed by atoms with Crippen molar-refractivity contribution in [2.75, 3.05) is 25.6 Å². The Bertz CT molecular complexity index is 413. The van der Waals surface area contributed by atoms with Gasteiger partial charge in [0, 0.05) is 13.2 Å². The second-order valence-corrected chi connectivity index (χ2v) is 4.40. The Kier molecular flexibility index (Phi) is 3.78. The summed E-state index contributed by atoms with van der Waals surface area (Å²) >= 11 is 0. The van der Waals surface area contributed by atoms with Crippen molar-refractivity contribution in [1.82, 2.24) is 20.1 Å². The van der Waals surface area contributed by atoms with Crippen molar-refractivity contribution in [3.63, 3.8) is 0 Å². The Morgan fingerprint density at radius 3 is 2.89 bits per heavy atom. The van der Waals surface area contributed by atoms with E-state index in [1.807, 2.05) is 0 Å². The molecule has 0 aromatic carbocycles. The molecule has 100 valence electrons. The predicted molar refractivity (Wildman–Crippen MR) is 62.4 cm³/mol. The zero-order valence-corrected chi connectivity index (χ0v) is 10.0. The molecule has 1 aromatic rings. The lowest BCUT2D eigenvalue weighted by molar-refractivity contribution is -0.126. The highest BCUT2D eigenvalue weighted by atomic mass is 16.5. The molecule has 0 atom stereocenters. The number of nitrogens with two attached hydrogens (primary N) is 1. The summed E-state index contributed by atoms with van der Waals surface area (Å²) in [5.74, 6) is -0.0958. The third kappa shape index (κ3) is 2.96. The van der Waals surface area contributed by atoms with Gasteiger partial charge in [-0.05, 0) is 12.8 Å². The van der Waals surface area contributed by atoms with Crippen LogP contribution in [0.5, 0.6) is 0 Å². The van der Waals surface area contributed by atoms with Crippen molar-refractivity contribution < 1.29 is 14.6 Å². The number of anilines is 1. The second kappa shape index (κ2) is 5.32. The van der Waals surface area contributed by atoms with Crippen molar-refractivity contribution in [2.45, 2.75) is 24.9 Å². The number of carbonyl (C=O) groups excluding carboxylic acids is 1. The summed E-state index contributed by atoms with van der Waals surface area (Å²) in [4.78, 5) is 15.6. The van der Waals surface area contributed by atoms with Gasteiger partial charge in [0.05, 0.1) is 12.1 Å². The van der Waals surface area contributed by atoms with Gasteiger partial charge in [-0.2, -0.15) is 0 Å². The summed E-state index contributed by atoms with van der Waals surface area (Å²) in [7, 11) is 0. The Morgan fingerprint density at radius 1 is 1.61 bits per heavy atom. The number of carbonyl (C=O) groups is 1. The van der Waals surface area contributed by atoms with Gasteiger partial charge in [-0.15, -0.1) is 5.10 Å². The zero-order valence-electron chi connectivity index (χ0n) is 10.0. The summed E-state index contributed by atoms with van der Waals surface area (Å²) in [5.41, 5.74) is 4.78. The fraction of sp³-hybridized carbons (Fsp3) is 0.700. The highest BCUT2D eigenvalue weighted by Gasteiger charge is 2.33. The van der Waals surface area contributed by atoms with Gasteiger partial charge >= 0.3 is 0 Å². The molecule has 8 nitrogen and oxygen atoms in total. The SMILES string of the molecule is Nc1ncn(CC(=O)NC2(CO)CCOCC2)n1. The maximum atomic E-state index is 11.9. The standard InChI is InChI=1S/C10H17N5O3/c11-9-12-7-15(14-9)5-8(17)13-10(6-16)1-3-18-4-2-10/h7,16H,1-6H2,(H2,11,14)(H,13,17). The molecular formula is C10H17N5O3. The fourth-order valence-corrected chi connectivity index (χ4v) is 1.95. The topological polar surface area (TPSA) is 115 Å². The molecule has 1 aliphatic heterocycles. The number of hydrogen-bond donors (Lipinski definition) is 3. The number of hydrogen-bond acceptors (Lipinski definition) is 6. The number of aliphatic hydroxyl groups excluding tert-OH is 1. The Hall–Kier alpha value is -1.67. The average Bonchev–Trinajstić information content (AvgIpc) is 2.75. The highest BCUT2D eigenvalue weighted by Crippen LogP contribution is 2.19. The number of amides is 1.